The molecule has 0 spiro atoms. The van der Waals surface area contributed by atoms with Gasteiger partial charge in [0.05, 0.1) is 12.2 Å². The van der Waals surface area contributed by atoms with Crippen molar-refractivity contribution >= 4 is 27.4 Å². The predicted octanol–water partition coefficient (Wildman–Crippen LogP) is 2.62. The van der Waals surface area contributed by atoms with E-state index < -0.39 is 0 Å². The van der Waals surface area contributed by atoms with Crippen LogP contribution in [0, 0.1) is 0 Å². The van der Waals surface area contributed by atoms with Gasteiger partial charge in [-0.2, -0.15) is 0 Å². The Labute approximate surface area is 91.4 Å². The monoisotopic (exact) mass is 257 g/mol. The minimum absolute atomic E-state index is 0.0658. The molecule has 1 rings (SSSR count). The molecule has 4 heteroatoms. The zero-order valence-corrected chi connectivity index (χ0v) is 9.49. The lowest BCUT2D eigenvalue weighted by atomic mass is 10.3. The largest absolute Gasteiger partial charge is 0.300 e. The van der Waals surface area contributed by atoms with E-state index in [4.69, 9.17) is 0 Å². The Hall–Kier alpha value is -0.870. The second kappa shape index (κ2) is 5.12. The van der Waals surface area contributed by atoms with E-state index in [9.17, 15) is 10.0 Å². The summed E-state index contributed by atoms with van der Waals surface area (Å²) in [5.74, 6) is 0.0658. The summed E-state index contributed by atoms with van der Waals surface area (Å²) >= 11 is 3.32. The molecule has 0 heterocycles. The maximum Gasteiger partial charge on any atom is 0.131 e. The van der Waals surface area contributed by atoms with Gasteiger partial charge in [0, 0.05) is 10.9 Å². The number of anilines is 1. The first-order valence-corrected chi connectivity index (χ1v) is 5.11. The number of hydrogen-bond acceptors (Lipinski definition) is 3. The first-order valence-electron chi connectivity index (χ1n) is 4.31. The van der Waals surface area contributed by atoms with Crippen LogP contribution >= 0.6 is 15.9 Å². The zero-order chi connectivity index (χ0) is 10.6. The highest BCUT2D eigenvalue weighted by Crippen LogP contribution is 2.24. The number of para-hydroxylation sites is 1. The van der Waals surface area contributed by atoms with Crippen LogP contribution in [0.15, 0.2) is 28.7 Å². The summed E-state index contributed by atoms with van der Waals surface area (Å²) in [7, 11) is 0. The summed E-state index contributed by atoms with van der Waals surface area (Å²) in [6.07, 6.45) is 0.345. The molecule has 0 atom stereocenters. The third-order valence-corrected chi connectivity index (χ3v) is 2.48. The molecule has 1 aromatic carbocycles. The van der Waals surface area contributed by atoms with Gasteiger partial charge >= 0.3 is 0 Å². The molecule has 76 valence electrons. The summed E-state index contributed by atoms with van der Waals surface area (Å²) in [4.78, 5) is 10.7. The van der Waals surface area contributed by atoms with Gasteiger partial charge in [-0.15, -0.1) is 0 Å². The number of Topliss-reactive ketones (excluding diaryl/α,β-unsaturated/α-hetero) is 1. The second-order valence-electron chi connectivity index (χ2n) is 3.03. The van der Waals surface area contributed by atoms with Gasteiger partial charge in [-0.05, 0) is 35.0 Å². The molecule has 0 aliphatic carbocycles. The minimum atomic E-state index is 0.0658. The Morgan fingerprint density at radius 2 is 2.14 bits per heavy atom. The summed E-state index contributed by atoms with van der Waals surface area (Å²) < 4.78 is 0.811. The van der Waals surface area contributed by atoms with Gasteiger partial charge in [0.2, 0.25) is 0 Å². The van der Waals surface area contributed by atoms with Crippen LogP contribution in [0.25, 0.3) is 0 Å². The average Bonchev–Trinajstić information content (AvgIpc) is 2.15. The van der Waals surface area contributed by atoms with Crippen molar-refractivity contribution in [2.24, 2.45) is 0 Å². The molecule has 0 aliphatic heterocycles. The first-order chi connectivity index (χ1) is 6.61. The van der Waals surface area contributed by atoms with Crippen molar-refractivity contribution in [3.63, 3.8) is 0 Å². The fourth-order valence-electron chi connectivity index (χ4n) is 1.04. The van der Waals surface area contributed by atoms with Gasteiger partial charge in [-0.1, -0.05) is 12.1 Å². The van der Waals surface area contributed by atoms with E-state index in [2.05, 4.69) is 15.9 Å². The predicted molar refractivity (Wildman–Crippen MR) is 58.6 cm³/mol. The SMILES string of the molecule is CC(=O)CCN(O)c1ccccc1Br. The molecule has 0 radical (unpaired) electrons. The van der Waals surface area contributed by atoms with Crippen LogP contribution < -0.4 is 5.06 Å². The summed E-state index contributed by atoms with van der Waals surface area (Å²) in [5, 5.41) is 10.7. The highest BCUT2D eigenvalue weighted by molar-refractivity contribution is 9.10. The molecule has 1 aromatic rings. The van der Waals surface area contributed by atoms with Gasteiger partial charge in [0.15, 0.2) is 0 Å². The van der Waals surface area contributed by atoms with Gasteiger partial charge in [-0.3, -0.25) is 15.1 Å². The van der Waals surface area contributed by atoms with Crippen molar-refractivity contribution in [2.45, 2.75) is 13.3 Å². The number of rotatable bonds is 4. The third-order valence-electron chi connectivity index (χ3n) is 1.81. The number of ketones is 1. The maximum atomic E-state index is 10.7. The number of benzene rings is 1. The van der Waals surface area contributed by atoms with E-state index in [1.165, 1.54) is 6.92 Å². The minimum Gasteiger partial charge on any atom is -0.300 e. The van der Waals surface area contributed by atoms with Crippen LogP contribution in [0.1, 0.15) is 13.3 Å². The Bertz CT molecular complexity index is 328. The number of carbonyl (C=O) groups excluding carboxylic acids is 1. The van der Waals surface area contributed by atoms with Gasteiger partial charge in [-0.25, -0.2) is 0 Å². The molecule has 0 saturated carbocycles. The van der Waals surface area contributed by atoms with Crippen LogP contribution in [-0.2, 0) is 4.79 Å². The first kappa shape index (κ1) is 11.2. The van der Waals surface area contributed by atoms with Crippen LogP contribution in [0.3, 0.4) is 0 Å². The highest BCUT2D eigenvalue weighted by atomic mass is 79.9. The lowest BCUT2D eigenvalue weighted by Gasteiger charge is -2.17. The van der Waals surface area contributed by atoms with Gasteiger partial charge in [0.25, 0.3) is 0 Å². The lowest BCUT2D eigenvalue weighted by molar-refractivity contribution is -0.117. The maximum absolute atomic E-state index is 10.7. The molecule has 14 heavy (non-hydrogen) atoms. The summed E-state index contributed by atoms with van der Waals surface area (Å²) in [6.45, 7) is 1.83. The Morgan fingerprint density at radius 1 is 1.50 bits per heavy atom. The summed E-state index contributed by atoms with van der Waals surface area (Å²) in [6, 6.07) is 7.32. The Balaban J connectivity index is 2.65. The molecule has 0 fully saturated rings. The van der Waals surface area contributed by atoms with Crippen molar-refractivity contribution in [1.29, 1.82) is 0 Å². The van der Waals surface area contributed by atoms with E-state index in [1.807, 2.05) is 18.2 Å². The molecule has 0 bridgehead atoms. The molecular formula is C10H12BrNO2. The molecule has 0 aromatic heterocycles. The second-order valence-corrected chi connectivity index (χ2v) is 3.88. The molecule has 3 nitrogen and oxygen atoms in total. The Morgan fingerprint density at radius 3 is 2.71 bits per heavy atom. The highest BCUT2D eigenvalue weighted by Gasteiger charge is 2.06. The smallest absolute Gasteiger partial charge is 0.131 e. The molecule has 0 amide bonds. The standard InChI is InChI=1S/C10H12BrNO2/c1-8(13)6-7-12(14)10-5-3-2-4-9(10)11/h2-5,14H,6-7H2,1H3. The lowest BCUT2D eigenvalue weighted by Crippen LogP contribution is -2.21. The van der Waals surface area contributed by atoms with Crippen LogP contribution in [-0.4, -0.2) is 17.5 Å². The molecular weight excluding hydrogens is 246 g/mol. The summed E-state index contributed by atoms with van der Waals surface area (Å²) in [5.41, 5.74) is 0.675. The fourth-order valence-corrected chi connectivity index (χ4v) is 1.53. The number of hydroxylamine groups is 1. The molecule has 0 aliphatic rings. The van der Waals surface area contributed by atoms with Crippen LogP contribution in [0.5, 0.6) is 0 Å². The Kier molecular flexibility index (Phi) is 4.10. The van der Waals surface area contributed by atoms with Crippen molar-refractivity contribution in [1.82, 2.24) is 0 Å². The van der Waals surface area contributed by atoms with E-state index in [0.717, 1.165) is 9.54 Å². The van der Waals surface area contributed by atoms with E-state index in [-0.39, 0.29) is 5.78 Å². The fraction of sp³-hybridized carbons (Fsp3) is 0.300. The topological polar surface area (TPSA) is 40.5 Å². The van der Waals surface area contributed by atoms with Crippen molar-refractivity contribution in [3.8, 4) is 0 Å². The quantitative estimate of drug-likeness (QED) is 0.844. The van der Waals surface area contributed by atoms with Crippen LogP contribution in [0.2, 0.25) is 0 Å². The van der Waals surface area contributed by atoms with Crippen molar-refractivity contribution < 1.29 is 10.0 Å². The normalized spacial score (nSPS) is 9.93. The zero-order valence-electron chi connectivity index (χ0n) is 7.90. The number of hydrogen-bond donors (Lipinski definition) is 1. The average molecular weight is 258 g/mol. The molecule has 1 N–H and O–H groups in total. The molecule has 0 saturated heterocycles. The number of halogens is 1. The number of carbonyl (C=O) groups is 1. The number of nitrogens with zero attached hydrogens (tertiary/aromatic N) is 1. The van der Waals surface area contributed by atoms with E-state index in [1.54, 1.807) is 6.07 Å². The van der Waals surface area contributed by atoms with Gasteiger partial charge < -0.3 is 0 Å². The molecule has 0 unspecified atom stereocenters. The third kappa shape index (κ3) is 3.12. The van der Waals surface area contributed by atoms with Crippen molar-refractivity contribution in [2.75, 3.05) is 11.6 Å². The van der Waals surface area contributed by atoms with Gasteiger partial charge in [0.1, 0.15) is 5.78 Å². The van der Waals surface area contributed by atoms with E-state index >= 15 is 0 Å². The van der Waals surface area contributed by atoms with Crippen molar-refractivity contribution in [3.05, 3.63) is 28.7 Å². The van der Waals surface area contributed by atoms with Crippen LogP contribution in [0.4, 0.5) is 5.69 Å². The van der Waals surface area contributed by atoms with E-state index in [0.29, 0.717) is 18.7 Å².